The molecule has 0 saturated heterocycles. The molecule has 0 saturated carbocycles. The number of amides is 1. The predicted molar refractivity (Wildman–Crippen MR) is 92.1 cm³/mol. The molecule has 0 aliphatic carbocycles. The molecule has 5 heteroatoms. The van der Waals surface area contributed by atoms with Gasteiger partial charge in [-0.1, -0.05) is 24.3 Å². The van der Waals surface area contributed by atoms with Crippen LogP contribution in [0.25, 0.3) is 0 Å². The van der Waals surface area contributed by atoms with Gasteiger partial charge in [0, 0.05) is 6.54 Å². The van der Waals surface area contributed by atoms with E-state index < -0.39 is 0 Å². The summed E-state index contributed by atoms with van der Waals surface area (Å²) < 4.78 is 1.73. The summed E-state index contributed by atoms with van der Waals surface area (Å²) >= 11 is 6.35. The van der Waals surface area contributed by atoms with Crippen LogP contribution in [0.2, 0.25) is 0 Å². The smallest absolute Gasteiger partial charge is 0.259 e. The van der Waals surface area contributed by atoms with Crippen LogP contribution in [0.4, 0.5) is 0 Å². The molecule has 86 valence electrons. The Balaban J connectivity index is 2.63. The second-order valence-electron chi connectivity index (χ2n) is 3.18. The largest absolute Gasteiger partial charge is 0.348 e. The quantitative estimate of drug-likeness (QED) is 0.444. The number of benzene rings is 1. The number of halogens is 3. The van der Waals surface area contributed by atoms with Crippen LogP contribution in [0.15, 0.2) is 29.4 Å². The second kappa shape index (κ2) is 7.14. The molecule has 1 rings (SSSR count). The molecule has 0 radical (unpaired) electrons. The van der Waals surface area contributed by atoms with Crippen molar-refractivity contribution < 1.29 is 4.79 Å². The van der Waals surface area contributed by atoms with Gasteiger partial charge >= 0.3 is 0 Å². The van der Waals surface area contributed by atoms with Crippen molar-refractivity contribution in [3.8, 4) is 0 Å². The Morgan fingerprint density at radius 2 is 1.88 bits per heavy atom. The number of aryl methyl sites for hydroxylation is 1. The van der Waals surface area contributed by atoms with Crippen LogP contribution in [0.3, 0.4) is 0 Å². The minimum Gasteiger partial charge on any atom is -0.348 e. The predicted octanol–water partition coefficient (Wildman–Crippen LogP) is 4.09. The van der Waals surface area contributed by atoms with Crippen molar-refractivity contribution >= 4 is 73.7 Å². The molecule has 1 aromatic carbocycles. The van der Waals surface area contributed by atoms with E-state index in [-0.39, 0.29) is 5.91 Å². The molecule has 0 unspecified atom stereocenters. The fourth-order valence-corrected chi connectivity index (χ4v) is 1.83. The van der Waals surface area contributed by atoms with Gasteiger partial charge in [-0.2, -0.15) is 0 Å². The standard InChI is InChI=1S/C11H10I3NO/c1-7-4-2-3-5-8(7)6-15-11(16)9(12)10(13)14/h2-5H,6H2,1H3,(H,15,16). The molecule has 1 N–H and O–H groups in total. The Kier molecular flexibility index (Phi) is 6.55. The average molecular weight is 553 g/mol. The van der Waals surface area contributed by atoms with E-state index >= 15 is 0 Å². The van der Waals surface area contributed by atoms with Crippen LogP contribution < -0.4 is 5.32 Å². The summed E-state index contributed by atoms with van der Waals surface area (Å²) in [7, 11) is 0. The van der Waals surface area contributed by atoms with E-state index in [2.05, 4.69) is 73.1 Å². The summed E-state index contributed by atoms with van der Waals surface area (Å²) in [6.07, 6.45) is 0. The van der Waals surface area contributed by atoms with Crippen molar-refractivity contribution in [2.24, 2.45) is 0 Å². The lowest BCUT2D eigenvalue weighted by Crippen LogP contribution is -2.23. The monoisotopic (exact) mass is 553 g/mol. The highest BCUT2D eigenvalue weighted by atomic mass is 127. The van der Waals surface area contributed by atoms with Gasteiger partial charge in [0.15, 0.2) is 0 Å². The Morgan fingerprint density at radius 3 is 2.44 bits per heavy atom. The maximum absolute atomic E-state index is 11.7. The highest BCUT2D eigenvalue weighted by Crippen LogP contribution is 2.25. The van der Waals surface area contributed by atoms with Gasteiger partial charge < -0.3 is 5.32 Å². The summed E-state index contributed by atoms with van der Waals surface area (Å²) in [4.78, 5) is 11.7. The minimum absolute atomic E-state index is 0.0114. The third kappa shape index (κ3) is 4.47. The molecule has 0 bridgehead atoms. The summed E-state index contributed by atoms with van der Waals surface area (Å²) in [5.41, 5.74) is 2.36. The van der Waals surface area contributed by atoms with E-state index in [9.17, 15) is 4.79 Å². The van der Waals surface area contributed by atoms with Gasteiger partial charge in [0.05, 0.1) is 5.17 Å². The highest BCUT2D eigenvalue weighted by molar-refractivity contribution is 14.2. The van der Waals surface area contributed by atoms with Crippen molar-refractivity contribution in [1.29, 1.82) is 0 Å². The van der Waals surface area contributed by atoms with Gasteiger partial charge in [0.25, 0.3) is 5.91 Å². The first kappa shape index (κ1) is 14.7. The lowest BCUT2D eigenvalue weighted by atomic mass is 10.1. The summed E-state index contributed by atoms with van der Waals surface area (Å²) in [6.45, 7) is 2.63. The van der Waals surface area contributed by atoms with Gasteiger partial charge in [-0.3, -0.25) is 4.79 Å². The first-order valence-electron chi connectivity index (χ1n) is 4.56. The van der Waals surface area contributed by atoms with Gasteiger partial charge in [0.1, 0.15) is 0 Å². The number of hydrogen-bond donors (Lipinski definition) is 1. The topological polar surface area (TPSA) is 29.1 Å². The summed E-state index contributed by atoms with van der Waals surface area (Å²) in [5.74, 6) is -0.0114. The molecule has 0 heterocycles. The fraction of sp³-hybridized carbons (Fsp3) is 0.182. The SMILES string of the molecule is Cc1ccccc1CNC(=O)C(I)=C(I)I. The Hall–Kier alpha value is 0.620. The minimum atomic E-state index is -0.0114. The maximum atomic E-state index is 11.7. The molecule has 2 nitrogen and oxygen atoms in total. The van der Waals surface area contributed by atoms with Crippen molar-refractivity contribution in [2.45, 2.75) is 13.5 Å². The molecule has 16 heavy (non-hydrogen) atoms. The zero-order chi connectivity index (χ0) is 12.1. The van der Waals surface area contributed by atoms with Gasteiger partial charge in [-0.05, 0) is 85.8 Å². The van der Waals surface area contributed by atoms with Crippen molar-refractivity contribution in [3.05, 3.63) is 40.6 Å². The van der Waals surface area contributed by atoms with Crippen molar-refractivity contribution in [2.75, 3.05) is 0 Å². The molecule has 0 aromatic heterocycles. The molecule has 1 amide bonds. The molecular formula is C11H10I3NO. The Morgan fingerprint density at radius 1 is 1.25 bits per heavy atom. The summed E-state index contributed by atoms with van der Waals surface area (Å²) in [5, 5.41) is 2.91. The van der Waals surface area contributed by atoms with Crippen LogP contribution in [0, 0.1) is 6.92 Å². The number of carbonyl (C=O) groups excluding carboxylic acids is 1. The summed E-state index contributed by atoms with van der Waals surface area (Å²) in [6, 6.07) is 8.06. The number of rotatable bonds is 3. The number of nitrogens with one attached hydrogen (secondary N) is 1. The molecule has 0 spiro atoms. The van der Waals surface area contributed by atoms with Gasteiger partial charge in [0.2, 0.25) is 0 Å². The molecular weight excluding hydrogens is 543 g/mol. The van der Waals surface area contributed by atoms with E-state index in [0.717, 1.165) is 10.7 Å². The lowest BCUT2D eigenvalue weighted by molar-refractivity contribution is -0.116. The van der Waals surface area contributed by atoms with Crippen LogP contribution in [-0.4, -0.2) is 5.91 Å². The molecule has 1 aromatic rings. The van der Waals surface area contributed by atoms with E-state index in [1.165, 1.54) is 5.56 Å². The first-order valence-corrected chi connectivity index (χ1v) is 7.79. The van der Waals surface area contributed by atoms with Crippen molar-refractivity contribution in [1.82, 2.24) is 5.32 Å². The first-order chi connectivity index (χ1) is 7.52. The second-order valence-corrected chi connectivity index (χ2v) is 8.48. The maximum Gasteiger partial charge on any atom is 0.259 e. The van der Waals surface area contributed by atoms with Crippen LogP contribution in [0.5, 0.6) is 0 Å². The lowest BCUT2D eigenvalue weighted by Gasteiger charge is -2.07. The molecule has 0 aliphatic rings. The third-order valence-electron chi connectivity index (χ3n) is 2.07. The van der Waals surface area contributed by atoms with Gasteiger partial charge in [-0.15, -0.1) is 0 Å². The Labute approximate surface area is 136 Å². The average Bonchev–Trinajstić information content (AvgIpc) is 2.26. The number of carbonyl (C=O) groups is 1. The van der Waals surface area contributed by atoms with Crippen molar-refractivity contribution in [3.63, 3.8) is 0 Å². The van der Waals surface area contributed by atoms with E-state index in [4.69, 9.17) is 0 Å². The van der Waals surface area contributed by atoms with E-state index in [1.54, 1.807) is 0 Å². The zero-order valence-corrected chi connectivity index (χ0v) is 15.0. The van der Waals surface area contributed by atoms with E-state index in [0.29, 0.717) is 6.54 Å². The molecule has 0 aliphatic heterocycles. The molecule has 0 fully saturated rings. The zero-order valence-electron chi connectivity index (χ0n) is 8.56. The van der Waals surface area contributed by atoms with Crippen LogP contribution in [-0.2, 0) is 11.3 Å². The Bertz CT molecular complexity index is 425. The fourth-order valence-electron chi connectivity index (χ4n) is 1.15. The third-order valence-corrected chi connectivity index (χ3v) is 6.24. The normalized spacial score (nSPS) is 9.75. The molecule has 0 atom stereocenters. The van der Waals surface area contributed by atoms with Crippen LogP contribution in [0.1, 0.15) is 11.1 Å². The number of hydrogen-bond acceptors (Lipinski definition) is 1. The highest BCUT2D eigenvalue weighted by Gasteiger charge is 2.08. The van der Waals surface area contributed by atoms with Gasteiger partial charge in [-0.25, -0.2) is 0 Å². The van der Waals surface area contributed by atoms with Crippen LogP contribution >= 0.6 is 67.8 Å². The van der Waals surface area contributed by atoms with E-state index in [1.807, 2.05) is 31.2 Å².